The van der Waals surface area contributed by atoms with Gasteiger partial charge in [-0.05, 0) is 56.6 Å². The molecular weight excluding hydrogens is 392 g/mol. The van der Waals surface area contributed by atoms with Crippen LogP contribution < -0.4 is 0 Å². The molecule has 3 aromatic rings. The van der Waals surface area contributed by atoms with Gasteiger partial charge in [0.2, 0.25) is 5.89 Å². The summed E-state index contributed by atoms with van der Waals surface area (Å²) in [4.78, 5) is 22.9. The van der Waals surface area contributed by atoms with Crippen molar-refractivity contribution in [2.45, 2.75) is 56.5 Å². The molecule has 6 rings (SSSR count). The van der Waals surface area contributed by atoms with Gasteiger partial charge in [0.25, 0.3) is 5.91 Å². The van der Waals surface area contributed by atoms with Crippen molar-refractivity contribution in [2.24, 2.45) is 5.92 Å². The number of benzene rings is 1. The fourth-order valence-electron chi connectivity index (χ4n) is 5.23. The third kappa shape index (κ3) is 3.76. The number of nitrogens with one attached hydrogen (secondary N) is 1. The van der Waals surface area contributed by atoms with Crippen LogP contribution in [0.25, 0.3) is 10.9 Å². The van der Waals surface area contributed by atoms with E-state index in [4.69, 9.17) is 9.26 Å². The van der Waals surface area contributed by atoms with Gasteiger partial charge in [0.1, 0.15) is 5.69 Å². The van der Waals surface area contributed by atoms with E-state index in [1.165, 1.54) is 12.8 Å². The first-order valence-electron chi connectivity index (χ1n) is 11.5. The maximum Gasteiger partial charge on any atom is 0.270 e. The van der Waals surface area contributed by atoms with Gasteiger partial charge in [-0.15, -0.1) is 0 Å². The summed E-state index contributed by atoms with van der Waals surface area (Å²) in [6.45, 7) is 2.23. The van der Waals surface area contributed by atoms with Crippen LogP contribution in [0.1, 0.15) is 66.6 Å². The number of amides is 1. The molecule has 1 spiro atoms. The number of ether oxygens (including phenoxy) is 1. The van der Waals surface area contributed by atoms with E-state index in [1.807, 2.05) is 35.2 Å². The van der Waals surface area contributed by atoms with Crippen LogP contribution >= 0.6 is 0 Å². The lowest BCUT2D eigenvalue weighted by Gasteiger charge is -2.46. The van der Waals surface area contributed by atoms with Crippen LogP contribution in [0.3, 0.4) is 0 Å². The first kappa shape index (κ1) is 19.0. The Morgan fingerprint density at radius 3 is 2.84 bits per heavy atom. The zero-order chi connectivity index (χ0) is 20.8. The van der Waals surface area contributed by atoms with Crippen molar-refractivity contribution < 1.29 is 14.1 Å². The van der Waals surface area contributed by atoms with Gasteiger partial charge in [-0.3, -0.25) is 4.79 Å². The van der Waals surface area contributed by atoms with E-state index in [1.54, 1.807) is 0 Å². The first-order valence-corrected chi connectivity index (χ1v) is 11.5. The number of aromatic nitrogens is 3. The Morgan fingerprint density at radius 2 is 2.03 bits per heavy atom. The van der Waals surface area contributed by atoms with Gasteiger partial charge in [0.15, 0.2) is 5.82 Å². The second kappa shape index (κ2) is 7.48. The van der Waals surface area contributed by atoms with Gasteiger partial charge in [0, 0.05) is 42.9 Å². The summed E-state index contributed by atoms with van der Waals surface area (Å²) in [5.74, 6) is 2.77. The fourth-order valence-corrected chi connectivity index (χ4v) is 5.23. The van der Waals surface area contributed by atoms with E-state index < -0.39 is 0 Å². The molecule has 0 radical (unpaired) electrons. The van der Waals surface area contributed by atoms with Crippen molar-refractivity contribution in [3.05, 3.63) is 47.7 Å². The molecule has 2 aromatic heterocycles. The molecule has 1 aromatic carbocycles. The molecule has 7 heteroatoms. The van der Waals surface area contributed by atoms with Gasteiger partial charge < -0.3 is 19.1 Å². The van der Waals surface area contributed by atoms with E-state index in [-0.39, 0.29) is 11.5 Å². The Labute approximate surface area is 181 Å². The number of piperidine rings is 1. The first-order chi connectivity index (χ1) is 15.2. The Bertz CT molecular complexity index is 1060. The summed E-state index contributed by atoms with van der Waals surface area (Å²) in [6, 6.07) is 9.96. The molecule has 3 fully saturated rings. The molecule has 2 saturated heterocycles. The molecule has 162 valence electrons. The highest BCUT2D eigenvalue weighted by molar-refractivity contribution is 5.98. The summed E-state index contributed by atoms with van der Waals surface area (Å²) in [5.41, 5.74) is 1.55. The lowest BCUT2D eigenvalue weighted by molar-refractivity contribution is -0.124. The van der Waals surface area contributed by atoms with Crippen molar-refractivity contribution in [1.29, 1.82) is 0 Å². The van der Waals surface area contributed by atoms with Gasteiger partial charge in [-0.2, -0.15) is 4.98 Å². The quantitative estimate of drug-likeness (QED) is 0.688. The summed E-state index contributed by atoms with van der Waals surface area (Å²) < 4.78 is 11.8. The number of carbonyl (C=O) groups is 1. The number of carbonyl (C=O) groups excluding carboxylic acids is 1. The number of para-hydroxylation sites is 1. The average molecular weight is 421 g/mol. The zero-order valence-electron chi connectivity index (χ0n) is 17.7. The lowest BCUT2D eigenvalue weighted by Crippen LogP contribution is -2.51. The van der Waals surface area contributed by atoms with Gasteiger partial charge in [-0.1, -0.05) is 23.4 Å². The van der Waals surface area contributed by atoms with Crippen molar-refractivity contribution in [1.82, 2.24) is 20.0 Å². The van der Waals surface area contributed by atoms with Crippen molar-refractivity contribution in [3.8, 4) is 0 Å². The smallest absolute Gasteiger partial charge is 0.270 e. The molecule has 7 nitrogen and oxygen atoms in total. The molecule has 1 atom stereocenters. The monoisotopic (exact) mass is 420 g/mol. The molecule has 31 heavy (non-hydrogen) atoms. The average Bonchev–Trinajstić information content (AvgIpc) is 3.38. The second-order valence-electron chi connectivity index (χ2n) is 9.48. The van der Waals surface area contributed by atoms with E-state index in [0.717, 1.165) is 74.4 Å². The summed E-state index contributed by atoms with van der Waals surface area (Å²) in [5, 5.41) is 5.23. The predicted octanol–water partition coefficient (Wildman–Crippen LogP) is 4.07. The van der Waals surface area contributed by atoms with E-state index in [2.05, 4.69) is 15.1 Å². The fraction of sp³-hybridized carbons (Fsp3) is 0.542. The standard InChI is InChI=1S/C24H28N4O3/c29-23(20-14-18-3-1-2-4-19(18)25-20)28-10-8-24(9-11-28)15-16(7-12-30-24)13-21-26-22(27-31-21)17-5-6-17/h1-4,14,16-17,25H,5-13,15H2. The highest BCUT2D eigenvalue weighted by Gasteiger charge is 2.42. The van der Waals surface area contributed by atoms with Crippen LogP contribution in [0.5, 0.6) is 0 Å². The lowest BCUT2D eigenvalue weighted by atomic mass is 9.78. The number of rotatable bonds is 4. The number of hydrogen-bond acceptors (Lipinski definition) is 5. The van der Waals surface area contributed by atoms with Crippen LogP contribution in [0, 0.1) is 5.92 Å². The van der Waals surface area contributed by atoms with E-state index in [9.17, 15) is 4.79 Å². The van der Waals surface area contributed by atoms with Gasteiger partial charge in [-0.25, -0.2) is 0 Å². The van der Waals surface area contributed by atoms with Crippen LogP contribution in [-0.4, -0.2) is 51.2 Å². The highest BCUT2D eigenvalue weighted by atomic mass is 16.5. The predicted molar refractivity (Wildman–Crippen MR) is 115 cm³/mol. The molecule has 2 aliphatic heterocycles. The van der Waals surface area contributed by atoms with Crippen molar-refractivity contribution >= 4 is 16.8 Å². The van der Waals surface area contributed by atoms with Crippen LogP contribution in [0.2, 0.25) is 0 Å². The molecule has 3 aliphatic rings. The largest absolute Gasteiger partial charge is 0.375 e. The number of likely N-dealkylation sites (tertiary alicyclic amines) is 1. The topological polar surface area (TPSA) is 84.3 Å². The SMILES string of the molecule is O=C(c1cc2ccccc2[nH]1)N1CCC2(CC1)CC(Cc1nc(C3CC3)no1)CCO2. The molecule has 4 heterocycles. The minimum absolute atomic E-state index is 0.0804. The van der Waals surface area contributed by atoms with Crippen LogP contribution in [0.15, 0.2) is 34.9 Å². The van der Waals surface area contributed by atoms with Gasteiger partial charge >= 0.3 is 0 Å². The summed E-state index contributed by atoms with van der Waals surface area (Å²) >= 11 is 0. The second-order valence-corrected chi connectivity index (χ2v) is 9.48. The summed E-state index contributed by atoms with van der Waals surface area (Å²) in [6.07, 6.45) is 7.01. The van der Waals surface area contributed by atoms with Crippen molar-refractivity contribution in [2.75, 3.05) is 19.7 Å². The number of fused-ring (bicyclic) bond motifs is 1. The number of nitrogens with zero attached hydrogens (tertiary/aromatic N) is 3. The zero-order valence-corrected chi connectivity index (χ0v) is 17.7. The highest BCUT2D eigenvalue weighted by Crippen LogP contribution is 2.40. The molecule has 0 bridgehead atoms. The molecule has 1 saturated carbocycles. The third-order valence-corrected chi connectivity index (χ3v) is 7.21. The Morgan fingerprint density at radius 1 is 1.19 bits per heavy atom. The Kier molecular flexibility index (Phi) is 4.60. The number of H-pyrrole nitrogens is 1. The number of hydrogen-bond donors (Lipinski definition) is 1. The minimum atomic E-state index is -0.126. The summed E-state index contributed by atoms with van der Waals surface area (Å²) in [7, 11) is 0. The van der Waals surface area contributed by atoms with Gasteiger partial charge in [0.05, 0.1) is 5.60 Å². The van der Waals surface area contributed by atoms with Crippen LogP contribution in [-0.2, 0) is 11.2 Å². The maximum absolute atomic E-state index is 13.0. The Hall–Kier alpha value is -2.67. The minimum Gasteiger partial charge on any atom is -0.375 e. The molecule has 1 unspecified atom stereocenters. The third-order valence-electron chi connectivity index (χ3n) is 7.21. The van der Waals surface area contributed by atoms with Crippen LogP contribution in [0.4, 0.5) is 0 Å². The molecule has 1 N–H and O–H groups in total. The normalized spacial score (nSPS) is 23.5. The molecule has 1 amide bonds. The molecule has 1 aliphatic carbocycles. The Balaban J connectivity index is 1.08. The number of aromatic amines is 1. The van der Waals surface area contributed by atoms with E-state index >= 15 is 0 Å². The van der Waals surface area contributed by atoms with Crippen molar-refractivity contribution in [3.63, 3.8) is 0 Å². The maximum atomic E-state index is 13.0. The van der Waals surface area contributed by atoms with E-state index in [0.29, 0.717) is 17.5 Å². The molecular formula is C24H28N4O3.